The number of esters is 2. The molecule has 1 N–H and O–H groups in total. The van der Waals surface area contributed by atoms with Crippen molar-refractivity contribution in [1.82, 2.24) is 5.32 Å². The zero-order chi connectivity index (χ0) is 46.1. The predicted molar refractivity (Wildman–Crippen MR) is 272 cm³/mol. The molecule has 0 saturated carbocycles. The van der Waals surface area contributed by atoms with Crippen LogP contribution in [-0.4, -0.2) is 37.1 Å². The van der Waals surface area contributed by atoms with Crippen molar-refractivity contribution < 1.29 is 23.9 Å². The molecular formula is C57H111NO5. The first-order valence-electron chi connectivity index (χ1n) is 28.5. The average Bonchev–Trinajstić information content (AvgIpc) is 3.28. The number of unbranched alkanes of at least 4 members (excludes halogenated alkanes) is 32. The molecule has 0 heterocycles. The highest BCUT2D eigenvalue weighted by atomic mass is 16.5. The molecule has 0 aliphatic heterocycles. The van der Waals surface area contributed by atoms with E-state index in [-0.39, 0.29) is 30.7 Å². The number of hydrogen-bond donors (Lipinski definition) is 1. The fourth-order valence-corrected chi connectivity index (χ4v) is 9.14. The van der Waals surface area contributed by atoms with Gasteiger partial charge in [-0.2, -0.15) is 0 Å². The summed E-state index contributed by atoms with van der Waals surface area (Å²) in [4.78, 5) is 40.4. The van der Waals surface area contributed by atoms with E-state index in [9.17, 15) is 14.4 Å². The van der Waals surface area contributed by atoms with E-state index in [2.05, 4.69) is 39.9 Å². The second kappa shape index (κ2) is 49.8. The van der Waals surface area contributed by atoms with Crippen molar-refractivity contribution in [2.75, 3.05) is 13.2 Å². The largest absolute Gasteiger partial charge is 0.465 e. The summed E-state index contributed by atoms with van der Waals surface area (Å²) >= 11 is 0. The third-order valence-electron chi connectivity index (χ3n) is 13.6. The molecule has 0 aromatic rings. The van der Waals surface area contributed by atoms with Crippen LogP contribution in [0.1, 0.15) is 317 Å². The van der Waals surface area contributed by atoms with Crippen molar-refractivity contribution in [2.45, 2.75) is 323 Å². The normalized spacial score (nSPS) is 12.9. The van der Waals surface area contributed by atoms with Crippen LogP contribution in [0.2, 0.25) is 0 Å². The fraction of sp³-hybridized carbons (Fsp3) is 0.947. The van der Waals surface area contributed by atoms with E-state index >= 15 is 0 Å². The highest BCUT2D eigenvalue weighted by Gasteiger charge is 2.25. The third-order valence-corrected chi connectivity index (χ3v) is 13.6. The van der Waals surface area contributed by atoms with Crippen molar-refractivity contribution in [3.8, 4) is 0 Å². The summed E-state index contributed by atoms with van der Waals surface area (Å²) in [6.45, 7) is 12.2. The van der Waals surface area contributed by atoms with E-state index in [1.807, 2.05) is 0 Å². The topological polar surface area (TPSA) is 81.7 Å². The summed E-state index contributed by atoms with van der Waals surface area (Å²) in [6, 6.07) is -0.822. The highest BCUT2D eigenvalue weighted by molar-refractivity contribution is 5.85. The van der Waals surface area contributed by atoms with Crippen LogP contribution >= 0.6 is 0 Å². The maximum absolute atomic E-state index is 13.8. The Bertz CT molecular complexity index is 970. The molecule has 0 rings (SSSR count). The number of carbonyl (C=O) groups excluding carboxylic acids is 3. The lowest BCUT2D eigenvalue weighted by Crippen LogP contribution is -2.42. The molecule has 3 atom stereocenters. The van der Waals surface area contributed by atoms with Gasteiger partial charge in [0.05, 0.1) is 13.2 Å². The molecule has 0 aromatic carbocycles. The first-order chi connectivity index (χ1) is 30.9. The molecule has 0 aliphatic rings. The molecule has 2 unspecified atom stereocenters. The van der Waals surface area contributed by atoms with Crippen molar-refractivity contribution >= 4 is 17.8 Å². The third kappa shape index (κ3) is 44.0. The minimum atomic E-state index is -0.822. The van der Waals surface area contributed by atoms with Crippen molar-refractivity contribution in [2.24, 2.45) is 11.8 Å². The Morgan fingerprint density at radius 3 is 0.952 bits per heavy atom. The molecule has 0 bridgehead atoms. The van der Waals surface area contributed by atoms with Crippen LogP contribution in [0.3, 0.4) is 0 Å². The number of ether oxygens (including phenoxy) is 2. The summed E-state index contributed by atoms with van der Waals surface area (Å²) in [5, 5.41) is 3.02. The number of hydrogen-bond acceptors (Lipinski definition) is 5. The van der Waals surface area contributed by atoms with Crippen molar-refractivity contribution in [3.05, 3.63) is 0 Å². The zero-order valence-electron chi connectivity index (χ0n) is 43.3. The summed E-state index contributed by atoms with van der Waals surface area (Å²) in [5.41, 5.74) is 0. The van der Waals surface area contributed by atoms with Gasteiger partial charge in [-0.15, -0.1) is 0 Å². The molecule has 374 valence electrons. The van der Waals surface area contributed by atoms with Gasteiger partial charge in [0.25, 0.3) is 0 Å². The van der Waals surface area contributed by atoms with E-state index in [1.54, 1.807) is 0 Å². The lowest BCUT2D eigenvalue weighted by molar-refractivity contribution is -0.150. The van der Waals surface area contributed by atoms with E-state index in [0.717, 1.165) is 44.9 Å². The monoisotopic (exact) mass is 890 g/mol. The number of rotatable bonds is 51. The Hall–Kier alpha value is -1.59. The molecule has 0 spiro atoms. The lowest BCUT2D eigenvalue weighted by Gasteiger charge is -2.21. The second-order valence-electron chi connectivity index (χ2n) is 19.9. The predicted octanol–water partition coefficient (Wildman–Crippen LogP) is 18.1. The minimum Gasteiger partial charge on any atom is -0.465 e. The molecule has 6 nitrogen and oxygen atoms in total. The molecule has 1 amide bonds. The second-order valence-corrected chi connectivity index (χ2v) is 19.9. The summed E-state index contributed by atoms with van der Waals surface area (Å²) in [5.74, 6) is -0.0294. The van der Waals surface area contributed by atoms with Gasteiger partial charge in [0.2, 0.25) is 5.91 Å². The molecule has 0 fully saturated rings. The van der Waals surface area contributed by atoms with Crippen molar-refractivity contribution in [3.63, 3.8) is 0 Å². The average molecular weight is 891 g/mol. The van der Waals surface area contributed by atoms with Crippen LogP contribution in [-0.2, 0) is 23.9 Å². The summed E-state index contributed by atoms with van der Waals surface area (Å²) < 4.78 is 12.0. The van der Waals surface area contributed by atoms with Crippen molar-refractivity contribution in [1.29, 1.82) is 0 Å². The number of nitrogens with one attached hydrogen (secondary N) is 1. The Morgan fingerprint density at radius 2 is 0.619 bits per heavy atom. The molecule has 0 aromatic heterocycles. The summed E-state index contributed by atoms with van der Waals surface area (Å²) in [6.07, 6.45) is 51.8. The smallest absolute Gasteiger partial charge is 0.328 e. The lowest BCUT2D eigenvalue weighted by atomic mass is 9.94. The maximum Gasteiger partial charge on any atom is 0.328 e. The number of amides is 1. The molecule has 63 heavy (non-hydrogen) atoms. The fourth-order valence-electron chi connectivity index (χ4n) is 9.14. The summed E-state index contributed by atoms with van der Waals surface area (Å²) in [7, 11) is 0. The van der Waals surface area contributed by atoms with Crippen LogP contribution in [0, 0.1) is 11.8 Å². The van der Waals surface area contributed by atoms with Crippen LogP contribution < -0.4 is 5.32 Å². The minimum absolute atomic E-state index is 0.110. The Morgan fingerprint density at radius 1 is 0.333 bits per heavy atom. The Labute approximate surface area is 393 Å². The van der Waals surface area contributed by atoms with Gasteiger partial charge in [-0.05, 0) is 50.4 Å². The highest BCUT2D eigenvalue weighted by Crippen LogP contribution is 2.23. The SMILES string of the molecule is CCCCCCCCCCCC(=O)N[C@@H](CCC(=O)OCC(CCCCCCCC)CCCCCCCCCC)C(=O)OCC(CCCCCCCC)CCCCCCCCCC. The molecule has 0 saturated heterocycles. The van der Waals surface area contributed by atoms with Gasteiger partial charge in [0.15, 0.2) is 0 Å². The quantitative estimate of drug-likeness (QED) is 0.0486. The zero-order valence-corrected chi connectivity index (χ0v) is 43.3. The van der Waals surface area contributed by atoms with Crippen LogP contribution in [0.5, 0.6) is 0 Å². The molecule has 0 radical (unpaired) electrons. The van der Waals surface area contributed by atoms with Gasteiger partial charge in [0.1, 0.15) is 6.04 Å². The number of carbonyl (C=O) groups is 3. The maximum atomic E-state index is 13.8. The van der Waals surface area contributed by atoms with Gasteiger partial charge >= 0.3 is 11.9 Å². The first kappa shape index (κ1) is 61.4. The van der Waals surface area contributed by atoms with Gasteiger partial charge in [-0.25, -0.2) is 4.79 Å². The van der Waals surface area contributed by atoms with Gasteiger partial charge in [0, 0.05) is 12.8 Å². The van der Waals surface area contributed by atoms with Crippen LogP contribution in [0.4, 0.5) is 0 Å². The van der Waals surface area contributed by atoms with E-state index < -0.39 is 6.04 Å². The van der Waals surface area contributed by atoms with Crippen LogP contribution in [0.25, 0.3) is 0 Å². The van der Waals surface area contributed by atoms with Gasteiger partial charge in [-0.3, -0.25) is 9.59 Å². The molecular weight excluding hydrogens is 779 g/mol. The first-order valence-corrected chi connectivity index (χ1v) is 28.5. The van der Waals surface area contributed by atoms with Gasteiger partial charge in [-0.1, -0.05) is 266 Å². The molecule has 6 heteroatoms. The van der Waals surface area contributed by atoms with E-state index in [4.69, 9.17) is 9.47 Å². The van der Waals surface area contributed by atoms with E-state index in [0.29, 0.717) is 31.5 Å². The Kier molecular flexibility index (Phi) is 48.6. The van der Waals surface area contributed by atoms with Crippen LogP contribution in [0.15, 0.2) is 0 Å². The van der Waals surface area contributed by atoms with E-state index in [1.165, 1.54) is 218 Å². The standard InChI is InChI=1S/C57H111NO5/c1-6-11-16-21-26-29-32-37-42-47-55(59)58-54(57(61)63-51-53(45-39-34-25-20-15-10-5)46-41-36-31-28-23-18-13-8-3)48-49-56(60)62-50-52(43-38-33-24-19-14-9-4)44-40-35-30-27-22-17-12-7-2/h52-54H,6-51H2,1-5H3,(H,58,59)/t52?,53?,54-/m0/s1. The Balaban J connectivity index is 5.41. The van der Waals surface area contributed by atoms with Gasteiger partial charge < -0.3 is 14.8 Å². The molecule has 0 aliphatic carbocycles.